The summed E-state index contributed by atoms with van der Waals surface area (Å²) in [5, 5.41) is 16.8. The Morgan fingerprint density at radius 3 is 2.83 bits per heavy atom. The number of rotatable bonds is 5. The fraction of sp³-hybridized carbons (Fsp3) is 0.375. The summed E-state index contributed by atoms with van der Waals surface area (Å²) in [6.45, 7) is 6.06. The van der Waals surface area contributed by atoms with Gasteiger partial charge in [-0.1, -0.05) is 34.4 Å². The first-order chi connectivity index (χ1) is 17.0. The van der Waals surface area contributed by atoms with E-state index in [2.05, 4.69) is 25.8 Å². The van der Waals surface area contributed by atoms with Gasteiger partial charge in [-0.15, -0.1) is 10.2 Å². The second kappa shape index (κ2) is 10.3. The van der Waals surface area contributed by atoms with Crippen molar-refractivity contribution < 1.29 is 9.53 Å². The molecule has 4 heterocycles. The molecule has 1 aromatic carbocycles. The lowest BCUT2D eigenvalue weighted by molar-refractivity contribution is 0.181. The molecule has 0 aliphatic carbocycles. The third kappa shape index (κ3) is 4.89. The maximum atomic E-state index is 13.0. The molecule has 5 rings (SSSR count). The topological polar surface area (TPSA) is 105 Å². The average Bonchev–Trinajstić information content (AvgIpc) is 3.50. The molecule has 3 aromatic rings. The summed E-state index contributed by atoms with van der Waals surface area (Å²) in [4.78, 5) is 25.3. The van der Waals surface area contributed by atoms with Gasteiger partial charge in [0.15, 0.2) is 21.9 Å². The van der Waals surface area contributed by atoms with Crippen molar-refractivity contribution in [2.24, 2.45) is 10.9 Å². The maximum absolute atomic E-state index is 13.0. The lowest BCUT2D eigenvalue weighted by atomic mass is 9.98. The number of aryl methyl sites for hydroxylation is 1. The van der Waals surface area contributed by atoms with Crippen LogP contribution in [0.5, 0.6) is 0 Å². The van der Waals surface area contributed by atoms with Crippen LogP contribution in [0.3, 0.4) is 0 Å². The zero-order valence-corrected chi connectivity index (χ0v) is 21.7. The third-order valence-corrected chi connectivity index (χ3v) is 9.37. The van der Waals surface area contributed by atoms with E-state index in [-0.39, 0.29) is 5.30 Å². The molecule has 1 fully saturated rings. The molecule has 0 amide bonds. The summed E-state index contributed by atoms with van der Waals surface area (Å²) in [5.41, 5.74) is 1.87. The van der Waals surface area contributed by atoms with E-state index < -0.39 is 10.9 Å². The predicted molar refractivity (Wildman–Crippen MR) is 145 cm³/mol. The number of nitrogens with one attached hydrogen (secondary N) is 2. The number of anilines is 3. The summed E-state index contributed by atoms with van der Waals surface area (Å²) in [5.74, 6) is 1.62. The Kier molecular flexibility index (Phi) is 6.98. The molecule has 0 spiro atoms. The second-order valence-corrected chi connectivity index (χ2v) is 11.4. The van der Waals surface area contributed by atoms with Crippen LogP contribution < -0.4 is 15.5 Å². The molecule has 2 aliphatic heterocycles. The van der Waals surface area contributed by atoms with Crippen molar-refractivity contribution >= 4 is 59.7 Å². The van der Waals surface area contributed by atoms with E-state index in [9.17, 15) is 4.79 Å². The second-order valence-electron chi connectivity index (χ2n) is 8.45. The molecule has 0 radical (unpaired) electrons. The number of carbonyl (C=O) groups is 1. The van der Waals surface area contributed by atoms with Gasteiger partial charge < -0.3 is 20.3 Å². The minimum atomic E-state index is -1.34. The van der Waals surface area contributed by atoms with Crippen molar-refractivity contribution in [3.63, 3.8) is 0 Å². The summed E-state index contributed by atoms with van der Waals surface area (Å²) in [6.07, 6.45) is 3.89. The first-order valence-electron chi connectivity index (χ1n) is 11.7. The number of thiol groups is 1. The highest BCUT2D eigenvalue weighted by Crippen LogP contribution is 2.50. The maximum Gasteiger partial charge on any atom is 0.357 e. The highest BCUT2D eigenvalue weighted by Gasteiger charge is 2.36. The van der Waals surface area contributed by atoms with Gasteiger partial charge in [-0.3, -0.25) is 0 Å². The van der Waals surface area contributed by atoms with E-state index in [1.807, 2.05) is 62.3 Å². The van der Waals surface area contributed by atoms with E-state index in [1.54, 1.807) is 11.3 Å². The van der Waals surface area contributed by atoms with Gasteiger partial charge in [-0.05, 0) is 69.5 Å². The number of aliphatic imine (C=N–C) groups is 1. The zero-order valence-electron chi connectivity index (χ0n) is 20.0. The van der Waals surface area contributed by atoms with Crippen LogP contribution in [0.4, 0.5) is 21.6 Å². The summed E-state index contributed by atoms with van der Waals surface area (Å²) in [6, 6.07) is 9.97. The number of carbonyl (C=O) groups excluding carboxylic acids is 1. The number of aromatic nitrogens is 3. The number of thiazole rings is 1. The number of ether oxygens (including phenoxy) is 1. The fourth-order valence-corrected chi connectivity index (χ4v) is 7.36. The first kappa shape index (κ1) is 23.7. The van der Waals surface area contributed by atoms with Gasteiger partial charge in [0.1, 0.15) is 0 Å². The van der Waals surface area contributed by atoms with Gasteiger partial charge in [0.25, 0.3) is 0 Å². The lowest BCUT2D eigenvalue weighted by Crippen LogP contribution is -2.32. The molecule has 2 aromatic heterocycles. The fourth-order valence-electron chi connectivity index (χ4n) is 4.26. The number of fused-ring (bicyclic) bond motifs is 1. The number of nitrogens with zero attached hydrogens (tertiary/aromatic N) is 5. The monoisotopic (exact) mass is 511 g/mol. The number of allylic oxidation sites excluding steroid dienone is 1. The van der Waals surface area contributed by atoms with Gasteiger partial charge in [-0.25, -0.2) is 14.8 Å². The van der Waals surface area contributed by atoms with Crippen LogP contribution in [0.2, 0.25) is 0 Å². The summed E-state index contributed by atoms with van der Waals surface area (Å²) >= 11 is 1.57. The summed E-state index contributed by atoms with van der Waals surface area (Å²) < 4.78 is 6.58. The number of amidine groups is 1. The van der Waals surface area contributed by atoms with E-state index in [1.165, 1.54) is 0 Å². The van der Waals surface area contributed by atoms with Crippen LogP contribution in [0.15, 0.2) is 46.4 Å². The molecule has 11 heteroatoms. The molecule has 35 heavy (non-hydrogen) atoms. The Morgan fingerprint density at radius 2 is 2.09 bits per heavy atom. The van der Waals surface area contributed by atoms with Crippen LogP contribution in [0.1, 0.15) is 25.3 Å². The minimum absolute atomic E-state index is 0.200. The van der Waals surface area contributed by atoms with Crippen LogP contribution in [-0.2, 0) is 4.74 Å². The van der Waals surface area contributed by atoms with Crippen molar-refractivity contribution in [3.8, 4) is 0 Å². The van der Waals surface area contributed by atoms with Crippen molar-refractivity contribution in [2.45, 2.75) is 26.7 Å². The van der Waals surface area contributed by atoms with Crippen molar-refractivity contribution in [1.82, 2.24) is 20.5 Å². The Hall–Kier alpha value is -3.02. The third-order valence-electron chi connectivity index (χ3n) is 6.11. The largest absolute Gasteiger partial charge is 0.459 e. The smallest absolute Gasteiger partial charge is 0.357 e. The molecule has 1 atom stereocenters. The molecule has 0 bridgehead atoms. The SMILES string of the molecule is CCOC(=O)[SH]1C(C2CCNCC2)=CN=C1N(C)c1cc(C)c(Nc2nc3ccccc3s2)nn1. The average molecular weight is 512 g/mol. The van der Waals surface area contributed by atoms with Gasteiger partial charge in [0.2, 0.25) is 0 Å². The normalized spacial score (nSPS) is 19.3. The standard InChI is InChI=1S/C24H29N7O2S2/c1-4-33-24(32)35-19(16-9-11-25-12-10-16)14-26-23(35)31(3)20-13-15(2)21(30-29-20)28-22-27-17-7-5-6-8-18(17)34-22/h5-8,13-14,16,25,35H,4,9-12H2,1-3H3,(H,27,28,30). The highest BCUT2D eigenvalue weighted by atomic mass is 32.2. The zero-order chi connectivity index (χ0) is 24.4. The Morgan fingerprint density at radius 1 is 1.29 bits per heavy atom. The van der Waals surface area contributed by atoms with E-state index >= 15 is 0 Å². The molecular weight excluding hydrogens is 482 g/mol. The molecule has 2 aliphatic rings. The summed E-state index contributed by atoms with van der Waals surface area (Å²) in [7, 11) is 0.548. The molecule has 0 saturated carbocycles. The Labute approximate surface area is 211 Å². The molecule has 1 unspecified atom stereocenters. The first-order valence-corrected chi connectivity index (χ1v) is 13.9. The predicted octanol–water partition coefficient (Wildman–Crippen LogP) is 4.94. The van der Waals surface area contributed by atoms with Gasteiger partial charge in [-0.2, -0.15) is 0 Å². The number of piperidine rings is 1. The van der Waals surface area contributed by atoms with Gasteiger partial charge >= 0.3 is 5.30 Å². The van der Waals surface area contributed by atoms with Crippen LogP contribution in [0, 0.1) is 12.8 Å². The number of hydrogen-bond donors (Lipinski definition) is 3. The van der Waals surface area contributed by atoms with Crippen LogP contribution >= 0.6 is 22.2 Å². The Bertz CT molecular complexity index is 1270. The van der Waals surface area contributed by atoms with Gasteiger partial charge in [0, 0.05) is 18.2 Å². The number of para-hydroxylation sites is 1. The number of hydrogen-bond acceptors (Lipinski definition) is 10. The molecule has 9 nitrogen and oxygen atoms in total. The van der Waals surface area contributed by atoms with E-state index in [0.717, 1.165) is 51.7 Å². The van der Waals surface area contributed by atoms with Crippen molar-refractivity contribution in [1.29, 1.82) is 0 Å². The lowest BCUT2D eigenvalue weighted by Gasteiger charge is -2.31. The molecule has 1 saturated heterocycles. The quantitative estimate of drug-likeness (QED) is 0.327. The van der Waals surface area contributed by atoms with Crippen LogP contribution in [-0.4, -0.2) is 52.4 Å². The number of benzene rings is 1. The minimum Gasteiger partial charge on any atom is -0.459 e. The van der Waals surface area contributed by atoms with Gasteiger partial charge in [0.05, 0.1) is 16.8 Å². The van der Waals surface area contributed by atoms with Crippen molar-refractivity contribution in [2.75, 3.05) is 37.0 Å². The molecule has 184 valence electrons. The van der Waals surface area contributed by atoms with E-state index in [4.69, 9.17) is 9.73 Å². The Balaban J connectivity index is 1.36. The van der Waals surface area contributed by atoms with E-state index in [0.29, 0.717) is 29.3 Å². The van der Waals surface area contributed by atoms with Crippen molar-refractivity contribution in [3.05, 3.63) is 47.0 Å². The highest BCUT2D eigenvalue weighted by molar-refractivity contribution is 8.44. The molecular formula is C24H29N7O2S2. The van der Waals surface area contributed by atoms with Crippen LogP contribution in [0.25, 0.3) is 10.2 Å². The molecule has 2 N–H and O–H groups in total.